The Bertz CT molecular complexity index is 775. The zero-order valence-corrected chi connectivity index (χ0v) is 13.3. The maximum Gasteiger partial charge on any atom is 0.312 e. The minimum Gasteiger partial charge on any atom is -0.449 e. The first-order chi connectivity index (χ1) is 9.92. The van der Waals surface area contributed by atoms with E-state index in [9.17, 15) is 14.5 Å². The van der Waals surface area contributed by atoms with Crippen LogP contribution in [0, 0.1) is 27.3 Å². The maximum absolute atomic E-state index is 13.5. The molecule has 0 unspecified atom stereocenters. The molecule has 0 amide bonds. The Labute approximate surface area is 135 Å². The van der Waals surface area contributed by atoms with Gasteiger partial charge >= 0.3 is 5.69 Å². The largest absolute Gasteiger partial charge is 0.449 e. The molecule has 2 aromatic carbocycles. The van der Waals surface area contributed by atoms with Crippen LogP contribution in [0.1, 0.15) is 5.56 Å². The van der Waals surface area contributed by atoms with Crippen molar-refractivity contribution >= 4 is 37.5 Å². The first-order valence-corrected chi connectivity index (χ1v) is 7.02. The predicted octanol–water partition coefficient (Wildman–Crippen LogP) is 4.92. The number of hydrogen-bond acceptors (Lipinski definition) is 4. The van der Waals surface area contributed by atoms with Gasteiger partial charge in [0.15, 0.2) is 0 Å². The number of nitro groups is 1. The van der Waals surface area contributed by atoms with E-state index in [1.165, 1.54) is 18.2 Å². The van der Waals surface area contributed by atoms with E-state index in [1.807, 2.05) is 6.07 Å². The standard InChI is InChI=1S/C13H5Br2FN2O3/c14-8-4-11(18(19)20)13(5-10(8)16)21-12-2-1-7(6-17)3-9(12)15/h1-5H. The van der Waals surface area contributed by atoms with Crippen LogP contribution in [0.15, 0.2) is 39.3 Å². The average molecular weight is 416 g/mol. The van der Waals surface area contributed by atoms with Gasteiger partial charge in [0.1, 0.15) is 11.6 Å². The topological polar surface area (TPSA) is 76.2 Å². The summed E-state index contributed by atoms with van der Waals surface area (Å²) in [5.74, 6) is -0.676. The molecule has 0 radical (unpaired) electrons. The van der Waals surface area contributed by atoms with Crippen molar-refractivity contribution in [2.75, 3.05) is 0 Å². The average Bonchev–Trinajstić information content (AvgIpc) is 2.44. The highest BCUT2D eigenvalue weighted by atomic mass is 79.9. The van der Waals surface area contributed by atoms with Gasteiger partial charge in [0, 0.05) is 12.1 Å². The number of rotatable bonds is 3. The normalized spacial score (nSPS) is 10.0. The Morgan fingerprint density at radius 3 is 2.48 bits per heavy atom. The number of nitro benzene ring substituents is 1. The van der Waals surface area contributed by atoms with Crippen molar-refractivity contribution in [3.8, 4) is 17.6 Å². The maximum atomic E-state index is 13.5. The summed E-state index contributed by atoms with van der Waals surface area (Å²) in [5.41, 5.74) is 0.0187. The van der Waals surface area contributed by atoms with E-state index in [2.05, 4.69) is 31.9 Å². The van der Waals surface area contributed by atoms with Crippen LogP contribution in [0.4, 0.5) is 10.1 Å². The van der Waals surface area contributed by atoms with Crippen molar-refractivity contribution in [1.29, 1.82) is 5.26 Å². The van der Waals surface area contributed by atoms with Crippen LogP contribution >= 0.6 is 31.9 Å². The second-order valence-electron chi connectivity index (χ2n) is 3.85. The molecule has 0 aliphatic carbocycles. The third kappa shape index (κ3) is 3.37. The molecule has 5 nitrogen and oxygen atoms in total. The number of nitrogens with zero attached hydrogens (tertiary/aromatic N) is 2. The summed E-state index contributed by atoms with van der Waals surface area (Å²) in [6.07, 6.45) is 0. The molecular formula is C13H5Br2FN2O3. The number of halogens is 3. The van der Waals surface area contributed by atoms with E-state index in [1.54, 1.807) is 0 Å². The molecule has 0 saturated heterocycles. The van der Waals surface area contributed by atoms with Crippen LogP contribution in [0.3, 0.4) is 0 Å². The Kier molecular flexibility index (Phi) is 4.55. The summed E-state index contributed by atoms with van der Waals surface area (Å²) in [6, 6.07) is 8.35. The van der Waals surface area contributed by atoms with Crippen LogP contribution in [0.25, 0.3) is 0 Å². The lowest BCUT2D eigenvalue weighted by Gasteiger charge is -2.09. The van der Waals surface area contributed by atoms with Gasteiger partial charge in [-0.25, -0.2) is 4.39 Å². The van der Waals surface area contributed by atoms with Crippen molar-refractivity contribution < 1.29 is 14.1 Å². The lowest BCUT2D eigenvalue weighted by atomic mass is 10.2. The summed E-state index contributed by atoms with van der Waals surface area (Å²) in [6.45, 7) is 0. The van der Waals surface area contributed by atoms with E-state index in [0.29, 0.717) is 10.0 Å². The minimum absolute atomic E-state index is 0.0274. The van der Waals surface area contributed by atoms with Crippen LogP contribution in [-0.2, 0) is 0 Å². The molecule has 0 fully saturated rings. The monoisotopic (exact) mass is 414 g/mol. The van der Waals surface area contributed by atoms with E-state index < -0.39 is 10.7 Å². The molecular weight excluding hydrogens is 411 g/mol. The van der Waals surface area contributed by atoms with Gasteiger partial charge < -0.3 is 4.74 Å². The summed E-state index contributed by atoms with van der Waals surface area (Å²) in [7, 11) is 0. The van der Waals surface area contributed by atoms with Gasteiger partial charge in [-0.05, 0) is 50.1 Å². The van der Waals surface area contributed by atoms with Gasteiger partial charge in [-0.3, -0.25) is 10.1 Å². The number of nitriles is 1. The fourth-order valence-corrected chi connectivity index (χ4v) is 2.31. The number of hydrogen-bond donors (Lipinski definition) is 0. The van der Waals surface area contributed by atoms with Gasteiger partial charge in [0.2, 0.25) is 5.75 Å². The third-order valence-corrected chi connectivity index (χ3v) is 3.71. The lowest BCUT2D eigenvalue weighted by Crippen LogP contribution is -1.96. The Morgan fingerprint density at radius 1 is 1.19 bits per heavy atom. The molecule has 0 N–H and O–H groups in total. The van der Waals surface area contributed by atoms with Gasteiger partial charge in [-0.15, -0.1) is 0 Å². The first-order valence-electron chi connectivity index (χ1n) is 5.43. The zero-order chi connectivity index (χ0) is 15.6. The molecule has 0 heterocycles. The molecule has 0 aromatic heterocycles. The Hall–Kier alpha value is -1.98. The molecule has 0 aliphatic rings. The van der Waals surface area contributed by atoms with Crippen molar-refractivity contribution in [3.05, 3.63) is 60.8 Å². The second-order valence-corrected chi connectivity index (χ2v) is 5.56. The fourth-order valence-electron chi connectivity index (χ4n) is 1.51. The summed E-state index contributed by atoms with van der Waals surface area (Å²) < 4.78 is 19.3. The first kappa shape index (κ1) is 15.4. The van der Waals surface area contributed by atoms with Crippen molar-refractivity contribution in [3.63, 3.8) is 0 Å². The molecule has 0 bridgehead atoms. The van der Waals surface area contributed by atoms with Gasteiger partial charge in [0.05, 0.1) is 25.5 Å². The molecule has 0 spiro atoms. The summed E-state index contributed by atoms with van der Waals surface area (Å²) in [4.78, 5) is 10.3. The van der Waals surface area contributed by atoms with Crippen LogP contribution in [0.2, 0.25) is 0 Å². The van der Waals surface area contributed by atoms with Gasteiger partial charge in [-0.2, -0.15) is 5.26 Å². The number of ether oxygens (including phenoxy) is 1. The molecule has 106 valence electrons. The molecule has 21 heavy (non-hydrogen) atoms. The Morgan fingerprint density at radius 2 is 1.90 bits per heavy atom. The molecule has 8 heteroatoms. The molecule has 0 atom stereocenters. The SMILES string of the molecule is N#Cc1ccc(Oc2cc(F)c(Br)cc2[N+](=O)[O-])c(Br)c1. The lowest BCUT2D eigenvalue weighted by molar-refractivity contribution is -0.385. The summed E-state index contributed by atoms with van der Waals surface area (Å²) >= 11 is 6.08. The van der Waals surface area contributed by atoms with Crippen LogP contribution < -0.4 is 4.74 Å². The molecule has 0 aliphatic heterocycles. The van der Waals surface area contributed by atoms with Crippen LogP contribution in [-0.4, -0.2) is 4.92 Å². The predicted molar refractivity (Wildman–Crippen MR) is 79.7 cm³/mol. The molecule has 2 rings (SSSR count). The quantitative estimate of drug-likeness (QED) is 0.526. The smallest absolute Gasteiger partial charge is 0.312 e. The third-order valence-electron chi connectivity index (χ3n) is 2.48. The second kappa shape index (κ2) is 6.20. The van der Waals surface area contributed by atoms with E-state index >= 15 is 0 Å². The highest BCUT2D eigenvalue weighted by Gasteiger charge is 2.20. The minimum atomic E-state index is -0.680. The van der Waals surface area contributed by atoms with Gasteiger partial charge in [0.25, 0.3) is 0 Å². The highest BCUT2D eigenvalue weighted by Crippen LogP contribution is 2.38. The van der Waals surface area contributed by atoms with Crippen LogP contribution in [0.5, 0.6) is 11.5 Å². The number of benzene rings is 2. The fraction of sp³-hybridized carbons (Fsp3) is 0. The zero-order valence-electron chi connectivity index (χ0n) is 10.1. The van der Waals surface area contributed by atoms with E-state index in [4.69, 9.17) is 10.00 Å². The van der Waals surface area contributed by atoms with Crippen molar-refractivity contribution in [2.45, 2.75) is 0 Å². The van der Waals surface area contributed by atoms with Crippen molar-refractivity contribution in [1.82, 2.24) is 0 Å². The van der Waals surface area contributed by atoms with Gasteiger partial charge in [-0.1, -0.05) is 0 Å². The molecule has 2 aromatic rings. The van der Waals surface area contributed by atoms with Crippen molar-refractivity contribution in [2.24, 2.45) is 0 Å². The van der Waals surface area contributed by atoms with E-state index in [-0.39, 0.29) is 21.7 Å². The molecule has 0 saturated carbocycles. The van der Waals surface area contributed by atoms with E-state index in [0.717, 1.165) is 12.1 Å². The summed E-state index contributed by atoms with van der Waals surface area (Å²) in [5, 5.41) is 19.8. The Balaban J connectivity index is 2.46. The highest BCUT2D eigenvalue weighted by molar-refractivity contribution is 9.10.